The normalized spacial score (nSPS) is 13.3. The van der Waals surface area contributed by atoms with E-state index in [1.165, 1.54) is 205 Å². The first-order valence-electron chi connectivity index (χ1n) is 26.8. The minimum atomic E-state index is -4.37. The second kappa shape index (κ2) is 45.2. The molecule has 0 saturated heterocycles. The third kappa shape index (κ3) is 48.5. The Morgan fingerprint density at radius 2 is 0.726 bits per heavy atom. The van der Waals surface area contributed by atoms with Crippen LogP contribution in [0.25, 0.3) is 0 Å². The molecule has 0 saturated carbocycles. The Bertz CT molecular complexity index is 1020. The average molecular weight is 903 g/mol. The van der Waals surface area contributed by atoms with Crippen molar-refractivity contribution in [2.24, 2.45) is 0 Å². The summed E-state index contributed by atoms with van der Waals surface area (Å²) in [4.78, 5) is 35.5. The molecule has 9 nitrogen and oxygen atoms in total. The van der Waals surface area contributed by atoms with Crippen LogP contribution in [0.15, 0.2) is 0 Å². The van der Waals surface area contributed by atoms with Crippen LogP contribution in [0.5, 0.6) is 0 Å². The second-order valence-electron chi connectivity index (χ2n) is 19.6. The van der Waals surface area contributed by atoms with E-state index in [-0.39, 0.29) is 25.6 Å². The fourth-order valence-corrected chi connectivity index (χ4v) is 8.70. The van der Waals surface area contributed by atoms with Crippen molar-refractivity contribution in [1.29, 1.82) is 0 Å². The Morgan fingerprint density at radius 3 is 1.03 bits per heavy atom. The van der Waals surface area contributed by atoms with E-state index >= 15 is 0 Å². The number of likely N-dealkylation sites (N-methyl/N-ethyl adjacent to an activating group) is 1. The maximum Gasteiger partial charge on any atom is 0.472 e. The quantitative estimate of drug-likeness (QED) is 0.0278. The summed E-state index contributed by atoms with van der Waals surface area (Å²) in [6.45, 7) is 4.49. The Hall–Kier alpha value is -0.990. The van der Waals surface area contributed by atoms with Gasteiger partial charge in [-0.2, -0.15) is 0 Å². The van der Waals surface area contributed by atoms with Crippen molar-refractivity contribution in [1.82, 2.24) is 0 Å². The van der Waals surface area contributed by atoms with Gasteiger partial charge in [-0.05, 0) is 12.8 Å². The van der Waals surface area contributed by atoms with Crippen molar-refractivity contribution in [3.63, 3.8) is 0 Å². The molecular formula is C52H105NO8P+. The van der Waals surface area contributed by atoms with Gasteiger partial charge in [-0.1, -0.05) is 245 Å². The molecule has 10 heteroatoms. The van der Waals surface area contributed by atoms with Gasteiger partial charge >= 0.3 is 19.8 Å². The molecule has 2 unspecified atom stereocenters. The summed E-state index contributed by atoms with van der Waals surface area (Å²) in [6, 6.07) is 0. The summed E-state index contributed by atoms with van der Waals surface area (Å²) < 4.78 is 34.5. The largest absolute Gasteiger partial charge is 0.472 e. The van der Waals surface area contributed by atoms with Gasteiger partial charge in [0, 0.05) is 12.8 Å². The van der Waals surface area contributed by atoms with Crippen LogP contribution in [0.4, 0.5) is 0 Å². The molecule has 0 spiro atoms. The number of carbonyl (C=O) groups is 2. The van der Waals surface area contributed by atoms with E-state index in [4.69, 9.17) is 18.5 Å². The van der Waals surface area contributed by atoms with Crippen LogP contribution in [-0.2, 0) is 32.7 Å². The van der Waals surface area contributed by atoms with Crippen LogP contribution < -0.4 is 0 Å². The number of phosphoric acid groups is 1. The summed E-state index contributed by atoms with van der Waals surface area (Å²) in [5.74, 6) is -0.777. The van der Waals surface area contributed by atoms with E-state index in [1.807, 2.05) is 21.1 Å². The minimum absolute atomic E-state index is 0.0372. The van der Waals surface area contributed by atoms with E-state index in [2.05, 4.69) is 13.8 Å². The minimum Gasteiger partial charge on any atom is -0.462 e. The molecular weight excluding hydrogens is 798 g/mol. The molecule has 0 aliphatic carbocycles. The highest BCUT2D eigenvalue weighted by Gasteiger charge is 2.27. The number of phosphoric ester groups is 1. The number of quaternary nitrogens is 1. The molecule has 1 N–H and O–H groups in total. The fourth-order valence-electron chi connectivity index (χ4n) is 7.96. The molecule has 2 atom stereocenters. The molecule has 0 aromatic carbocycles. The molecule has 0 aliphatic heterocycles. The number of hydrogen-bond donors (Lipinski definition) is 1. The van der Waals surface area contributed by atoms with E-state index in [9.17, 15) is 19.0 Å². The lowest BCUT2D eigenvalue weighted by Crippen LogP contribution is -2.37. The lowest BCUT2D eigenvalue weighted by atomic mass is 10.0. The first kappa shape index (κ1) is 61.0. The number of esters is 2. The summed E-state index contributed by atoms with van der Waals surface area (Å²) in [6.07, 6.45) is 48.7. The zero-order valence-electron chi connectivity index (χ0n) is 41.9. The molecule has 0 aliphatic rings. The van der Waals surface area contributed by atoms with Gasteiger partial charge in [-0.15, -0.1) is 0 Å². The maximum absolute atomic E-state index is 12.7. The lowest BCUT2D eigenvalue weighted by Gasteiger charge is -2.24. The predicted molar refractivity (Wildman–Crippen MR) is 261 cm³/mol. The van der Waals surface area contributed by atoms with Gasteiger partial charge in [0.2, 0.25) is 0 Å². The number of ether oxygens (including phenoxy) is 2. The monoisotopic (exact) mass is 903 g/mol. The van der Waals surface area contributed by atoms with Crippen molar-refractivity contribution in [3.05, 3.63) is 0 Å². The molecule has 62 heavy (non-hydrogen) atoms. The van der Waals surface area contributed by atoms with Crippen molar-refractivity contribution < 1.29 is 42.1 Å². The van der Waals surface area contributed by atoms with Gasteiger partial charge in [0.05, 0.1) is 27.7 Å². The van der Waals surface area contributed by atoms with Gasteiger partial charge in [0.25, 0.3) is 0 Å². The molecule has 0 aromatic heterocycles. The highest BCUT2D eigenvalue weighted by atomic mass is 31.2. The topological polar surface area (TPSA) is 108 Å². The first-order valence-corrected chi connectivity index (χ1v) is 28.3. The number of hydrogen-bond acceptors (Lipinski definition) is 7. The number of carbonyl (C=O) groups excluding carboxylic acids is 2. The van der Waals surface area contributed by atoms with Gasteiger partial charge in [-0.25, -0.2) is 4.57 Å². The maximum atomic E-state index is 12.7. The standard InChI is InChI=1S/C52H104NO8P/c1-6-8-10-12-14-16-18-20-22-23-24-25-26-27-28-29-31-32-34-36-38-40-42-44-51(54)58-48-50(49-60-62(56,57)59-47-46-53(3,4)5)61-52(55)45-43-41-39-37-35-33-30-21-19-17-15-13-11-9-7-2/h50H,6-49H2,1-5H3/p+1. The van der Waals surface area contributed by atoms with Crippen molar-refractivity contribution in [2.45, 2.75) is 277 Å². The third-order valence-corrected chi connectivity index (χ3v) is 13.1. The second-order valence-corrected chi connectivity index (χ2v) is 21.1. The van der Waals surface area contributed by atoms with E-state index in [0.717, 1.165) is 38.5 Å². The summed E-state index contributed by atoms with van der Waals surface area (Å²) in [5, 5.41) is 0. The van der Waals surface area contributed by atoms with E-state index in [1.54, 1.807) is 0 Å². The summed E-state index contributed by atoms with van der Waals surface area (Å²) in [7, 11) is 1.50. The van der Waals surface area contributed by atoms with Crippen LogP contribution in [-0.4, -0.2) is 74.9 Å². The Kier molecular flexibility index (Phi) is 44.5. The van der Waals surface area contributed by atoms with Gasteiger partial charge in [0.15, 0.2) is 6.10 Å². The highest BCUT2D eigenvalue weighted by Crippen LogP contribution is 2.43. The number of rotatable bonds is 50. The molecule has 0 aromatic rings. The van der Waals surface area contributed by atoms with Crippen molar-refractivity contribution >= 4 is 19.8 Å². The smallest absolute Gasteiger partial charge is 0.462 e. The molecule has 0 amide bonds. The SMILES string of the molecule is CCCCCCCCCCCCCCCCCCCCCCCCCC(=O)OCC(COP(=O)(O)OCC[N+](C)(C)C)OC(=O)CCCCCCCCCCCCCCCCC. The zero-order chi connectivity index (χ0) is 45.7. The van der Waals surface area contributed by atoms with Gasteiger partial charge < -0.3 is 18.9 Å². The summed E-state index contributed by atoms with van der Waals surface area (Å²) in [5.41, 5.74) is 0. The molecule has 0 rings (SSSR count). The van der Waals surface area contributed by atoms with E-state index < -0.39 is 26.5 Å². The fraction of sp³-hybridized carbons (Fsp3) is 0.962. The number of unbranched alkanes of at least 4 members (excludes halogenated alkanes) is 36. The first-order chi connectivity index (χ1) is 30.0. The number of nitrogens with zero attached hydrogens (tertiary/aromatic N) is 1. The lowest BCUT2D eigenvalue weighted by molar-refractivity contribution is -0.870. The average Bonchev–Trinajstić information content (AvgIpc) is 3.23. The van der Waals surface area contributed by atoms with Crippen molar-refractivity contribution in [2.75, 3.05) is 47.5 Å². The van der Waals surface area contributed by atoms with Gasteiger partial charge in [-0.3, -0.25) is 18.6 Å². The Balaban J connectivity index is 4.12. The Morgan fingerprint density at radius 1 is 0.435 bits per heavy atom. The van der Waals surface area contributed by atoms with Crippen LogP contribution in [0.1, 0.15) is 271 Å². The van der Waals surface area contributed by atoms with Crippen LogP contribution >= 0.6 is 7.82 Å². The van der Waals surface area contributed by atoms with Crippen LogP contribution in [0.2, 0.25) is 0 Å². The van der Waals surface area contributed by atoms with Crippen molar-refractivity contribution in [3.8, 4) is 0 Å². The van der Waals surface area contributed by atoms with Gasteiger partial charge in [0.1, 0.15) is 19.8 Å². The zero-order valence-corrected chi connectivity index (χ0v) is 42.8. The van der Waals surface area contributed by atoms with Crippen LogP contribution in [0.3, 0.4) is 0 Å². The Labute approximate surface area is 384 Å². The molecule has 0 radical (unpaired) electrons. The predicted octanol–water partition coefficient (Wildman–Crippen LogP) is 15.9. The van der Waals surface area contributed by atoms with E-state index in [0.29, 0.717) is 17.4 Å². The highest BCUT2D eigenvalue weighted by molar-refractivity contribution is 7.47. The molecule has 370 valence electrons. The third-order valence-electron chi connectivity index (χ3n) is 12.1. The van der Waals surface area contributed by atoms with Crippen LogP contribution in [0, 0.1) is 0 Å². The molecule has 0 heterocycles. The molecule has 0 fully saturated rings. The molecule has 0 bridgehead atoms. The summed E-state index contributed by atoms with van der Waals surface area (Å²) >= 11 is 0.